The smallest absolute Gasteiger partial charge is 0.230 e. The predicted molar refractivity (Wildman–Crippen MR) is 57.4 cm³/mol. The van der Waals surface area contributed by atoms with Crippen LogP contribution in [-0.2, 0) is 0 Å². The standard InChI is InChI=1S/C8H5Cl2N5/c9-5-1-3-11-7(13-5)15-8-12-4-2-6(10)14-8/h1-4H,(H,11,12,13,14,15). The fourth-order valence-electron chi connectivity index (χ4n) is 0.894. The van der Waals surface area contributed by atoms with Crippen molar-refractivity contribution in [1.29, 1.82) is 0 Å². The van der Waals surface area contributed by atoms with Crippen LogP contribution in [0.3, 0.4) is 0 Å². The quantitative estimate of drug-likeness (QED) is 0.818. The van der Waals surface area contributed by atoms with Crippen LogP contribution >= 0.6 is 23.2 Å². The Labute approximate surface area is 95.5 Å². The lowest BCUT2D eigenvalue weighted by atomic mass is 10.6. The zero-order valence-corrected chi connectivity index (χ0v) is 8.87. The van der Waals surface area contributed by atoms with Crippen LogP contribution < -0.4 is 5.32 Å². The number of aromatic nitrogens is 4. The van der Waals surface area contributed by atoms with Crippen molar-refractivity contribution >= 4 is 35.1 Å². The first-order valence-corrected chi connectivity index (χ1v) is 4.74. The predicted octanol–water partition coefficient (Wildman–Crippen LogP) is 2.32. The number of nitrogens with one attached hydrogen (secondary N) is 1. The van der Waals surface area contributed by atoms with Gasteiger partial charge in [0.25, 0.3) is 0 Å². The van der Waals surface area contributed by atoms with Gasteiger partial charge in [0.15, 0.2) is 0 Å². The number of halogens is 2. The third-order valence-corrected chi connectivity index (χ3v) is 1.89. The molecule has 0 amide bonds. The molecule has 0 aliphatic carbocycles. The zero-order chi connectivity index (χ0) is 10.7. The average molecular weight is 242 g/mol. The molecule has 2 aromatic rings. The Kier molecular flexibility index (Phi) is 2.94. The summed E-state index contributed by atoms with van der Waals surface area (Å²) in [5.74, 6) is 0.648. The first-order chi connectivity index (χ1) is 7.24. The second-order valence-corrected chi connectivity index (χ2v) is 3.31. The summed E-state index contributed by atoms with van der Waals surface area (Å²) in [6.45, 7) is 0. The molecular formula is C8H5Cl2N5. The highest BCUT2D eigenvalue weighted by molar-refractivity contribution is 6.29. The van der Waals surface area contributed by atoms with Crippen LogP contribution in [0.15, 0.2) is 24.5 Å². The van der Waals surface area contributed by atoms with Gasteiger partial charge < -0.3 is 0 Å². The van der Waals surface area contributed by atoms with Crippen molar-refractivity contribution in [2.24, 2.45) is 0 Å². The number of nitrogens with zero attached hydrogens (tertiary/aromatic N) is 4. The van der Waals surface area contributed by atoms with E-state index in [1.54, 1.807) is 12.1 Å². The van der Waals surface area contributed by atoms with Crippen LogP contribution in [0.25, 0.3) is 0 Å². The Balaban J connectivity index is 2.22. The van der Waals surface area contributed by atoms with Crippen LogP contribution in [0.1, 0.15) is 0 Å². The van der Waals surface area contributed by atoms with Crippen LogP contribution in [-0.4, -0.2) is 19.9 Å². The maximum absolute atomic E-state index is 5.68. The van der Waals surface area contributed by atoms with E-state index < -0.39 is 0 Å². The molecule has 5 nitrogen and oxygen atoms in total. The molecule has 1 N–H and O–H groups in total. The van der Waals surface area contributed by atoms with Crippen molar-refractivity contribution in [3.63, 3.8) is 0 Å². The minimum Gasteiger partial charge on any atom is -0.293 e. The number of rotatable bonds is 2. The lowest BCUT2D eigenvalue weighted by Gasteiger charge is -2.01. The lowest BCUT2D eigenvalue weighted by Crippen LogP contribution is -2.00. The molecular weight excluding hydrogens is 237 g/mol. The third-order valence-electron chi connectivity index (χ3n) is 1.47. The molecule has 0 fully saturated rings. The molecule has 15 heavy (non-hydrogen) atoms. The second kappa shape index (κ2) is 4.37. The van der Waals surface area contributed by atoms with E-state index in [-0.39, 0.29) is 0 Å². The molecule has 2 aromatic heterocycles. The van der Waals surface area contributed by atoms with Gasteiger partial charge in [-0.05, 0) is 12.1 Å². The van der Waals surface area contributed by atoms with Crippen molar-refractivity contribution in [1.82, 2.24) is 19.9 Å². The van der Waals surface area contributed by atoms with E-state index in [0.717, 1.165) is 0 Å². The first kappa shape index (κ1) is 10.1. The third kappa shape index (κ3) is 2.74. The van der Waals surface area contributed by atoms with E-state index in [4.69, 9.17) is 23.2 Å². The molecule has 0 atom stereocenters. The van der Waals surface area contributed by atoms with Crippen LogP contribution in [0.5, 0.6) is 0 Å². The molecule has 0 spiro atoms. The zero-order valence-electron chi connectivity index (χ0n) is 7.35. The number of hydrogen-bond acceptors (Lipinski definition) is 5. The Hall–Kier alpha value is -1.46. The maximum Gasteiger partial charge on any atom is 0.230 e. The van der Waals surface area contributed by atoms with Gasteiger partial charge in [-0.3, -0.25) is 5.32 Å². The molecule has 7 heteroatoms. The monoisotopic (exact) mass is 241 g/mol. The minimum absolute atomic E-state index is 0.324. The molecule has 0 aliphatic heterocycles. The molecule has 0 bridgehead atoms. The highest BCUT2D eigenvalue weighted by Gasteiger charge is 2.01. The minimum atomic E-state index is 0.324. The fraction of sp³-hybridized carbons (Fsp3) is 0. The SMILES string of the molecule is Clc1ccnc(Nc2nccc(Cl)n2)n1. The summed E-state index contributed by atoms with van der Waals surface area (Å²) in [5, 5.41) is 3.46. The fourth-order valence-corrected chi connectivity index (χ4v) is 1.17. The number of hydrogen-bond donors (Lipinski definition) is 1. The summed E-state index contributed by atoms with van der Waals surface area (Å²) < 4.78 is 0. The van der Waals surface area contributed by atoms with Gasteiger partial charge in [-0.15, -0.1) is 0 Å². The summed E-state index contributed by atoms with van der Waals surface area (Å²) in [4.78, 5) is 15.7. The molecule has 2 heterocycles. The molecule has 0 saturated heterocycles. The molecule has 0 saturated carbocycles. The largest absolute Gasteiger partial charge is 0.293 e. The van der Waals surface area contributed by atoms with Crippen LogP contribution in [0.2, 0.25) is 10.3 Å². The normalized spacial score (nSPS) is 10.0. The Morgan fingerprint density at radius 2 is 1.33 bits per heavy atom. The molecule has 0 unspecified atom stereocenters. The Bertz CT molecular complexity index is 433. The maximum atomic E-state index is 5.68. The average Bonchev–Trinajstić information content (AvgIpc) is 2.17. The Morgan fingerprint density at radius 1 is 0.867 bits per heavy atom. The number of anilines is 2. The van der Waals surface area contributed by atoms with Gasteiger partial charge in [0, 0.05) is 12.4 Å². The summed E-state index contributed by atoms with van der Waals surface area (Å²) in [6.07, 6.45) is 3.06. The van der Waals surface area contributed by atoms with Gasteiger partial charge in [0.05, 0.1) is 0 Å². The summed E-state index contributed by atoms with van der Waals surface area (Å²) in [5.41, 5.74) is 0. The van der Waals surface area contributed by atoms with Gasteiger partial charge >= 0.3 is 0 Å². The van der Waals surface area contributed by atoms with Gasteiger partial charge in [0.1, 0.15) is 10.3 Å². The van der Waals surface area contributed by atoms with Crippen molar-refractivity contribution in [3.05, 3.63) is 34.8 Å². The summed E-state index contributed by atoms with van der Waals surface area (Å²) in [7, 11) is 0. The first-order valence-electron chi connectivity index (χ1n) is 3.98. The van der Waals surface area contributed by atoms with Crippen molar-refractivity contribution < 1.29 is 0 Å². The van der Waals surface area contributed by atoms with Crippen LogP contribution in [0, 0.1) is 0 Å². The van der Waals surface area contributed by atoms with E-state index >= 15 is 0 Å². The molecule has 76 valence electrons. The van der Waals surface area contributed by atoms with E-state index in [2.05, 4.69) is 25.3 Å². The van der Waals surface area contributed by atoms with Crippen molar-refractivity contribution in [2.45, 2.75) is 0 Å². The molecule has 0 aliphatic rings. The van der Waals surface area contributed by atoms with Crippen molar-refractivity contribution in [2.75, 3.05) is 5.32 Å². The molecule has 2 rings (SSSR count). The van der Waals surface area contributed by atoms with Gasteiger partial charge in [-0.25, -0.2) is 19.9 Å². The topological polar surface area (TPSA) is 63.6 Å². The van der Waals surface area contributed by atoms with E-state index in [1.165, 1.54) is 12.4 Å². The van der Waals surface area contributed by atoms with Crippen LogP contribution in [0.4, 0.5) is 11.9 Å². The second-order valence-electron chi connectivity index (χ2n) is 2.53. The molecule has 0 radical (unpaired) electrons. The summed E-state index contributed by atoms with van der Waals surface area (Å²) in [6, 6.07) is 3.15. The van der Waals surface area contributed by atoms with Gasteiger partial charge in [0.2, 0.25) is 11.9 Å². The van der Waals surface area contributed by atoms with E-state index in [9.17, 15) is 0 Å². The highest BCUT2D eigenvalue weighted by Crippen LogP contribution is 2.11. The van der Waals surface area contributed by atoms with E-state index in [0.29, 0.717) is 22.2 Å². The lowest BCUT2D eigenvalue weighted by molar-refractivity contribution is 1.10. The van der Waals surface area contributed by atoms with Gasteiger partial charge in [-0.1, -0.05) is 23.2 Å². The Morgan fingerprint density at radius 3 is 1.73 bits per heavy atom. The van der Waals surface area contributed by atoms with Gasteiger partial charge in [-0.2, -0.15) is 0 Å². The summed E-state index contributed by atoms with van der Waals surface area (Å²) >= 11 is 11.4. The van der Waals surface area contributed by atoms with Crippen molar-refractivity contribution in [3.8, 4) is 0 Å². The van der Waals surface area contributed by atoms with E-state index in [1.807, 2.05) is 0 Å². The highest BCUT2D eigenvalue weighted by atomic mass is 35.5. The molecule has 0 aromatic carbocycles.